The van der Waals surface area contributed by atoms with Crippen molar-refractivity contribution in [1.29, 1.82) is 0 Å². The summed E-state index contributed by atoms with van der Waals surface area (Å²) in [7, 11) is 0. The molecule has 0 bridgehead atoms. The first-order valence-corrected chi connectivity index (χ1v) is 5.94. The molecule has 0 radical (unpaired) electrons. The molecule has 0 saturated heterocycles. The van der Waals surface area contributed by atoms with Crippen LogP contribution in [-0.4, -0.2) is 5.78 Å². The van der Waals surface area contributed by atoms with Crippen molar-refractivity contribution in [2.75, 3.05) is 0 Å². The highest BCUT2D eigenvalue weighted by Gasteiger charge is 2.14. The molecule has 2 aromatic carbocycles. The third-order valence-electron chi connectivity index (χ3n) is 3.59. The molecule has 0 aliphatic heterocycles. The van der Waals surface area contributed by atoms with Crippen LogP contribution in [0.3, 0.4) is 0 Å². The maximum Gasteiger partial charge on any atom is 0.160 e. The fourth-order valence-corrected chi connectivity index (χ4v) is 2.70. The zero-order valence-electron chi connectivity index (χ0n) is 9.64. The number of ketones is 1. The van der Waals surface area contributed by atoms with Crippen LogP contribution >= 0.6 is 0 Å². The molecule has 1 aliphatic rings. The normalized spacial score (nSPS) is 14.3. The van der Waals surface area contributed by atoms with E-state index in [0.29, 0.717) is 6.42 Å². The molecular formula is C16H10O2. The van der Waals surface area contributed by atoms with E-state index in [4.69, 9.17) is 4.42 Å². The molecule has 0 amide bonds. The molecule has 86 valence electrons. The second-order valence-corrected chi connectivity index (χ2v) is 4.65. The lowest BCUT2D eigenvalue weighted by atomic mass is 9.90. The van der Waals surface area contributed by atoms with Crippen molar-refractivity contribution in [3.05, 3.63) is 54.0 Å². The van der Waals surface area contributed by atoms with Crippen LogP contribution in [0.5, 0.6) is 0 Å². The number of furan rings is 1. The molecule has 2 nitrogen and oxygen atoms in total. The number of allylic oxidation sites excluding steroid dienone is 1. The van der Waals surface area contributed by atoms with E-state index >= 15 is 0 Å². The lowest BCUT2D eigenvalue weighted by molar-refractivity contribution is -0.114. The molecular weight excluding hydrogens is 224 g/mol. The Balaban J connectivity index is 2.16. The largest absolute Gasteiger partial charge is 0.471 e. The summed E-state index contributed by atoms with van der Waals surface area (Å²) in [6, 6.07) is 8.29. The molecule has 0 unspecified atom stereocenters. The lowest BCUT2D eigenvalue weighted by Gasteiger charge is -2.12. The minimum absolute atomic E-state index is 0.172. The molecule has 1 heterocycles. The Morgan fingerprint density at radius 2 is 1.78 bits per heavy atom. The number of fused-ring (bicyclic) bond motifs is 5. The number of hydrogen-bond donors (Lipinski definition) is 0. The van der Waals surface area contributed by atoms with E-state index < -0.39 is 0 Å². The average Bonchev–Trinajstić information content (AvgIpc) is 2.86. The molecule has 0 atom stereocenters. The summed E-state index contributed by atoms with van der Waals surface area (Å²) in [4.78, 5) is 11.4. The van der Waals surface area contributed by atoms with Crippen molar-refractivity contribution < 1.29 is 9.21 Å². The molecule has 4 rings (SSSR count). The number of benzene rings is 2. The fourth-order valence-electron chi connectivity index (χ4n) is 2.70. The van der Waals surface area contributed by atoms with Gasteiger partial charge in [0.25, 0.3) is 0 Å². The lowest BCUT2D eigenvalue weighted by Crippen LogP contribution is -2.05. The van der Waals surface area contributed by atoms with Gasteiger partial charge in [-0.2, -0.15) is 0 Å². The van der Waals surface area contributed by atoms with Gasteiger partial charge in [-0.1, -0.05) is 30.3 Å². The van der Waals surface area contributed by atoms with Crippen LogP contribution in [0.1, 0.15) is 11.1 Å². The Morgan fingerprint density at radius 1 is 0.889 bits per heavy atom. The van der Waals surface area contributed by atoms with Crippen LogP contribution in [0.25, 0.3) is 27.6 Å². The van der Waals surface area contributed by atoms with E-state index in [1.165, 1.54) is 10.8 Å². The predicted octanol–water partition coefficient (Wildman–Crippen LogP) is 3.72. The van der Waals surface area contributed by atoms with E-state index in [2.05, 4.69) is 18.2 Å². The molecule has 0 spiro atoms. The Hall–Kier alpha value is -2.35. The second kappa shape index (κ2) is 3.33. The highest BCUT2D eigenvalue weighted by Crippen LogP contribution is 2.32. The van der Waals surface area contributed by atoms with Gasteiger partial charge in [-0.3, -0.25) is 4.79 Å². The Morgan fingerprint density at radius 3 is 2.72 bits per heavy atom. The second-order valence-electron chi connectivity index (χ2n) is 4.65. The van der Waals surface area contributed by atoms with Gasteiger partial charge in [0.05, 0.1) is 12.5 Å². The van der Waals surface area contributed by atoms with Gasteiger partial charge < -0.3 is 4.42 Å². The molecule has 1 aromatic heterocycles. The minimum Gasteiger partial charge on any atom is -0.471 e. The number of rotatable bonds is 0. The van der Waals surface area contributed by atoms with Crippen molar-refractivity contribution in [2.24, 2.45) is 0 Å². The maximum atomic E-state index is 11.4. The molecule has 2 heteroatoms. The van der Waals surface area contributed by atoms with E-state index in [9.17, 15) is 4.79 Å². The molecule has 0 fully saturated rings. The number of hydrogen-bond acceptors (Lipinski definition) is 2. The summed E-state index contributed by atoms with van der Waals surface area (Å²) < 4.78 is 5.26. The molecule has 0 N–H and O–H groups in total. The van der Waals surface area contributed by atoms with Crippen LogP contribution in [-0.2, 0) is 11.2 Å². The minimum atomic E-state index is 0.172. The van der Waals surface area contributed by atoms with Gasteiger partial charge in [0.2, 0.25) is 0 Å². The zero-order chi connectivity index (χ0) is 12.1. The summed E-state index contributed by atoms with van der Waals surface area (Å²) >= 11 is 0. The molecule has 0 saturated carbocycles. The highest BCUT2D eigenvalue weighted by molar-refractivity contribution is 6.12. The van der Waals surface area contributed by atoms with Gasteiger partial charge >= 0.3 is 0 Å². The van der Waals surface area contributed by atoms with E-state index in [0.717, 1.165) is 21.9 Å². The summed E-state index contributed by atoms with van der Waals surface area (Å²) in [5.74, 6) is 0.172. The van der Waals surface area contributed by atoms with Crippen LogP contribution in [0, 0.1) is 0 Å². The Bertz CT molecular complexity index is 822. The summed E-state index contributed by atoms with van der Waals surface area (Å²) in [5, 5.41) is 4.60. The average molecular weight is 234 g/mol. The van der Waals surface area contributed by atoms with Crippen LogP contribution in [0.4, 0.5) is 0 Å². The van der Waals surface area contributed by atoms with Crippen LogP contribution in [0.15, 0.2) is 47.3 Å². The van der Waals surface area contributed by atoms with Gasteiger partial charge in [0.1, 0.15) is 0 Å². The van der Waals surface area contributed by atoms with Crippen LogP contribution < -0.4 is 0 Å². The third-order valence-corrected chi connectivity index (χ3v) is 3.59. The standard InChI is InChI=1S/C16H10O2/c17-12-3-6-13-10(7-12)1-4-15-14(13)5-2-11-8-18-9-16(11)15/h1-6,8-9H,7H2. The van der Waals surface area contributed by atoms with Crippen molar-refractivity contribution in [1.82, 2.24) is 0 Å². The van der Waals surface area contributed by atoms with Crippen LogP contribution in [0.2, 0.25) is 0 Å². The van der Waals surface area contributed by atoms with Crippen molar-refractivity contribution >= 4 is 33.4 Å². The van der Waals surface area contributed by atoms with Gasteiger partial charge in [-0.05, 0) is 28.0 Å². The smallest absolute Gasteiger partial charge is 0.160 e. The first-order chi connectivity index (χ1) is 8.83. The predicted molar refractivity (Wildman–Crippen MR) is 71.5 cm³/mol. The fraction of sp³-hybridized carbons (Fsp3) is 0.0625. The van der Waals surface area contributed by atoms with E-state index in [-0.39, 0.29) is 5.78 Å². The van der Waals surface area contributed by atoms with Crippen molar-refractivity contribution in [2.45, 2.75) is 6.42 Å². The first kappa shape index (κ1) is 9.66. The van der Waals surface area contributed by atoms with Crippen molar-refractivity contribution in [3.8, 4) is 0 Å². The first-order valence-electron chi connectivity index (χ1n) is 5.94. The summed E-state index contributed by atoms with van der Waals surface area (Å²) in [5.41, 5.74) is 2.27. The summed E-state index contributed by atoms with van der Waals surface area (Å²) in [6.45, 7) is 0. The van der Waals surface area contributed by atoms with E-state index in [1.807, 2.05) is 12.1 Å². The molecule has 18 heavy (non-hydrogen) atoms. The van der Waals surface area contributed by atoms with Gasteiger partial charge in [0, 0.05) is 17.2 Å². The maximum absolute atomic E-state index is 11.4. The van der Waals surface area contributed by atoms with Gasteiger partial charge in [0.15, 0.2) is 5.78 Å². The Labute approximate surface area is 104 Å². The number of carbonyl (C=O) groups is 1. The van der Waals surface area contributed by atoms with Crippen molar-refractivity contribution in [3.63, 3.8) is 0 Å². The summed E-state index contributed by atoms with van der Waals surface area (Å²) in [6.07, 6.45) is 7.64. The highest BCUT2D eigenvalue weighted by atomic mass is 16.3. The zero-order valence-corrected chi connectivity index (χ0v) is 9.64. The SMILES string of the molecule is O=C1C=Cc2c(ccc3c2ccc2cocc23)C1. The quantitative estimate of drug-likeness (QED) is 0.593. The third kappa shape index (κ3) is 1.20. The van der Waals surface area contributed by atoms with Gasteiger partial charge in [-0.15, -0.1) is 0 Å². The molecule has 1 aliphatic carbocycles. The topological polar surface area (TPSA) is 30.2 Å². The van der Waals surface area contributed by atoms with E-state index in [1.54, 1.807) is 18.6 Å². The number of carbonyl (C=O) groups excluding carboxylic acids is 1. The van der Waals surface area contributed by atoms with Gasteiger partial charge in [-0.25, -0.2) is 0 Å². The monoisotopic (exact) mass is 234 g/mol. The molecule has 3 aromatic rings. The Kier molecular flexibility index (Phi) is 1.78.